The zero-order chi connectivity index (χ0) is 18.0. The van der Waals surface area contributed by atoms with Gasteiger partial charge in [0.1, 0.15) is 5.52 Å². The molecule has 0 aliphatic rings. The Morgan fingerprint density at radius 3 is 2.44 bits per heavy atom. The van der Waals surface area contributed by atoms with Crippen LogP contribution in [0.2, 0.25) is 0 Å². The molecule has 130 valence electrons. The summed E-state index contributed by atoms with van der Waals surface area (Å²) in [5, 5.41) is -0.416. The minimum absolute atomic E-state index is 0.0119. The van der Waals surface area contributed by atoms with Crippen molar-refractivity contribution >= 4 is 26.7 Å². The molecule has 2 aromatic carbocycles. The van der Waals surface area contributed by atoms with E-state index in [1.165, 1.54) is 6.39 Å². The van der Waals surface area contributed by atoms with E-state index >= 15 is 0 Å². The zero-order valence-electron chi connectivity index (χ0n) is 14.1. The van der Waals surface area contributed by atoms with E-state index in [9.17, 15) is 13.2 Å². The summed E-state index contributed by atoms with van der Waals surface area (Å²) < 4.78 is 29.1. The first-order chi connectivity index (χ1) is 11.8. The summed E-state index contributed by atoms with van der Waals surface area (Å²) in [5.74, 6) is -0.0387. The lowest BCUT2D eigenvalue weighted by atomic mass is 10.0. The van der Waals surface area contributed by atoms with Crippen LogP contribution in [0, 0.1) is 0 Å². The highest BCUT2D eigenvalue weighted by atomic mass is 32.2. The largest absolute Gasteiger partial charge is 0.443 e. The van der Waals surface area contributed by atoms with E-state index in [-0.39, 0.29) is 18.0 Å². The molecule has 0 unspecified atom stereocenters. The summed E-state index contributed by atoms with van der Waals surface area (Å²) in [5.41, 5.74) is 3.52. The van der Waals surface area contributed by atoms with Crippen molar-refractivity contribution < 1.29 is 17.6 Å². The molecule has 0 aliphatic heterocycles. The van der Waals surface area contributed by atoms with Gasteiger partial charge < -0.3 is 4.42 Å². The van der Waals surface area contributed by atoms with Gasteiger partial charge in [0.2, 0.25) is 0 Å². The maximum absolute atomic E-state index is 12.4. The Morgan fingerprint density at radius 2 is 1.76 bits per heavy atom. The smallest absolute Gasteiger partial charge is 0.181 e. The molecule has 0 fully saturated rings. The molecular formula is C19H19NO4S. The summed E-state index contributed by atoms with van der Waals surface area (Å²) in [6, 6.07) is 12.2. The number of ketones is 1. The van der Waals surface area contributed by atoms with E-state index in [0.29, 0.717) is 16.7 Å². The van der Waals surface area contributed by atoms with Crippen molar-refractivity contribution in [1.29, 1.82) is 0 Å². The number of nitrogens with zero attached hydrogens (tertiary/aromatic N) is 1. The maximum Gasteiger partial charge on any atom is 0.181 e. The van der Waals surface area contributed by atoms with E-state index in [4.69, 9.17) is 4.42 Å². The van der Waals surface area contributed by atoms with Crippen LogP contribution in [0.15, 0.2) is 53.3 Å². The molecule has 0 saturated carbocycles. The first-order valence-electron chi connectivity index (χ1n) is 8.01. The summed E-state index contributed by atoms with van der Waals surface area (Å²) in [6.45, 7) is 3.33. The van der Waals surface area contributed by atoms with Gasteiger partial charge in [-0.15, -0.1) is 0 Å². The molecule has 0 bridgehead atoms. The van der Waals surface area contributed by atoms with Gasteiger partial charge in [-0.25, -0.2) is 13.4 Å². The highest BCUT2D eigenvalue weighted by Crippen LogP contribution is 2.17. The second-order valence-electron chi connectivity index (χ2n) is 6.31. The normalized spacial score (nSPS) is 12.0. The van der Waals surface area contributed by atoms with Crippen molar-refractivity contribution in [1.82, 2.24) is 4.98 Å². The first-order valence-corrected chi connectivity index (χ1v) is 9.72. The molecule has 0 atom stereocenters. The molecule has 0 radical (unpaired) electrons. The second kappa shape index (κ2) is 6.80. The average Bonchev–Trinajstić information content (AvgIpc) is 3.02. The lowest BCUT2D eigenvalue weighted by molar-refractivity contribution is 0.0993. The Morgan fingerprint density at radius 1 is 1.08 bits per heavy atom. The van der Waals surface area contributed by atoms with Crippen LogP contribution in [0.25, 0.3) is 11.1 Å². The van der Waals surface area contributed by atoms with E-state index in [0.717, 1.165) is 11.1 Å². The van der Waals surface area contributed by atoms with Crippen molar-refractivity contribution in [2.24, 2.45) is 0 Å². The van der Waals surface area contributed by atoms with Gasteiger partial charge in [0.05, 0.1) is 11.0 Å². The monoisotopic (exact) mass is 357 g/mol. The number of hydrogen-bond donors (Lipinski definition) is 0. The molecule has 3 rings (SSSR count). The van der Waals surface area contributed by atoms with Gasteiger partial charge in [0, 0.05) is 12.0 Å². The topological polar surface area (TPSA) is 77.2 Å². The molecule has 0 N–H and O–H groups in total. The van der Waals surface area contributed by atoms with Gasteiger partial charge in [-0.3, -0.25) is 4.79 Å². The third kappa shape index (κ3) is 3.96. The number of aromatic nitrogens is 1. The summed E-state index contributed by atoms with van der Waals surface area (Å²) in [6.07, 6.45) is 1.63. The average molecular weight is 357 g/mol. The van der Waals surface area contributed by atoms with Crippen LogP contribution in [0.4, 0.5) is 0 Å². The number of carbonyl (C=O) groups excluding carboxylic acids is 1. The fourth-order valence-corrected chi connectivity index (χ4v) is 3.48. The van der Waals surface area contributed by atoms with Crippen molar-refractivity contribution in [3.63, 3.8) is 0 Å². The predicted octanol–water partition coefficient (Wildman–Crippen LogP) is 3.58. The number of oxazole rings is 1. The van der Waals surface area contributed by atoms with Gasteiger partial charge in [-0.2, -0.15) is 0 Å². The lowest BCUT2D eigenvalue weighted by Gasteiger charge is -2.08. The highest BCUT2D eigenvalue weighted by molar-refractivity contribution is 7.91. The Bertz CT molecular complexity index is 1000. The van der Waals surface area contributed by atoms with Gasteiger partial charge in [-0.1, -0.05) is 30.3 Å². The van der Waals surface area contributed by atoms with Crippen LogP contribution in [-0.4, -0.2) is 24.4 Å². The number of fused-ring (bicyclic) bond motifs is 1. The molecule has 6 heteroatoms. The molecule has 0 spiro atoms. The number of benzene rings is 2. The van der Waals surface area contributed by atoms with Gasteiger partial charge in [0.15, 0.2) is 27.6 Å². The summed E-state index contributed by atoms with van der Waals surface area (Å²) in [4.78, 5) is 16.5. The van der Waals surface area contributed by atoms with E-state index in [2.05, 4.69) is 4.98 Å². The Labute approximate surface area is 146 Å². The fourth-order valence-electron chi connectivity index (χ4n) is 2.49. The molecule has 0 amide bonds. The molecule has 1 aromatic heterocycles. The molecule has 0 aliphatic carbocycles. The van der Waals surface area contributed by atoms with Gasteiger partial charge in [0.25, 0.3) is 0 Å². The number of hydrogen-bond acceptors (Lipinski definition) is 5. The molecule has 0 saturated heterocycles. The van der Waals surface area contributed by atoms with Crippen LogP contribution in [0.1, 0.15) is 35.3 Å². The Hall–Kier alpha value is -2.47. The highest BCUT2D eigenvalue weighted by Gasteiger charge is 2.17. The van der Waals surface area contributed by atoms with Crippen LogP contribution in [0.5, 0.6) is 0 Å². The Kier molecular flexibility index (Phi) is 4.72. The van der Waals surface area contributed by atoms with Gasteiger partial charge >= 0.3 is 0 Å². The standard InChI is InChI=1S/C19H19NO4S/c1-13(2)25(22,23)11-14-3-6-16(7-4-14)18(21)10-15-5-8-19-17(9-15)20-12-24-19/h3-9,12-13H,10-11H2,1-2H3. The third-order valence-electron chi connectivity index (χ3n) is 4.12. The number of Topliss-reactive ketones (excluding diaryl/α,β-unsaturated/α-hetero) is 1. The van der Waals surface area contributed by atoms with Gasteiger partial charge in [-0.05, 0) is 37.1 Å². The SMILES string of the molecule is CC(C)S(=O)(=O)Cc1ccc(C(=O)Cc2ccc3ocnc3c2)cc1. The first kappa shape index (κ1) is 17.4. The van der Waals surface area contributed by atoms with Crippen LogP contribution in [-0.2, 0) is 22.0 Å². The summed E-state index contributed by atoms with van der Waals surface area (Å²) >= 11 is 0. The molecule has 5 nitrogen and oxygen atoms in total. The molecule has 25 heavy (non-hydrogen) atoms. The van der Waals surface area contributed by atoms with Crippen molar-refractivity contribution in [2.75, 3.05) is 0 Å². The van der Waals surface area contributed by atoms with Crippen LogP contribution in [0.3, 0.4) is 0 Å². The minimum Gasteiger partial charge on any atom is -0.443 e. The lowest BCUT2D eigenvalue weighted by Crippen LogP contribution is -2.16. The number of rotatable bonds is 6. The van der Waals surface area contributed by atoms with Crippen LogP contribution >= 0.6 is 0 Å². The van der Waals surface area contributed by atoms with Crippen LogP contribution < -0.4 is 0 Å². The van der Waals surface area contributed by atoms with Crippen molar-refractivity contribution in [2.45, 2.75) is 31.3 Å². The van der Waals surface area contributed by atoms with E-state index in [1.807, 2.05) is 12.1 Å². The van der Waals surface area contributed by atoms with Crippen molar-refractivity contribution in [3.8, 4) is 0 Å². The summed E-state index contributed by atoms with van der Waals surface area (Å²) in [7, 11) is -3.15. The van der Waals surface area contributed by atoms with Crippen molar-refractivity contribution in [3.05, 3.63) is 65.5 Å². The number of sulfone groups is 1. The zero-order valence-corrected chi connectivity index (χ0v) is 14.9. The molecular weight excluding hydrogens is 338 g/mol. The Balaban J connectivity index is 1.72. The maximum atomic E-state index is 12.4. The predicted molar refractivity (Wildman–Crippen MR) is 96.2 cm³/mol. The fraction of sp³-hybridized carbons (Fsp3) is 0.263. The van der Waals surface area contributed by atoms with E-state index < -0.39 is 15.1 Å². The second-order valence-corrected chi connectivity index (χ2v) is 8.86. The third-order valence-corrected chi connectivity index (χ3v) is 6.29. The minimum atomic E-state index is -3.15. The quantitative estimate of drug-likeness (QED) is 0.630. The van der Waals surface area contributed by atoms with E-state index in [1.54, 1.807) is 44.2 Å². The molecule has 1 heterocycles. The number of carbonyl (C=O) groups is 1. The molecule has 3 aromatic rings.